The van der Waals surface area contributed by atoms with Gasteiger partial charge in [-0.25, -0.2) is 0 Å². The van der Waals surface area contributed by atoms with Gasteiger partial charge >= 0.3 is 0 Å². The Morgan fingerprint density at radius 2 is 1.64 bits per heavy atom. The fourth-order valence-electron chi connectivity index (χ4n) is 2.09. The van der Waals surface area contributed by atoms with Gasteiger partial charge in [0.25, 0.3) is 5.91 Å². The third-order valence-electron chi connectivity index (χ3n) is 3.32. The van der Waals surface area contributed by atoms with E-state index < -0.39 is 20.7 Å². The van der Waals surface area contributed by atoms with E-state index in [1.54, 1.807) is 0 Å². The van der Waals surface area contributed by atoms with Crippen LogP contribution in [-0.2, 0) is 17.6 Å². The lowest BCUT2D eigenvalue weighted by atomic mass is 10.0. The second kappa shape index (κ2) is 10.2. The molecule has 1 aromatic rings. The summed E-state index contributed by atoms with van der Waals surface area (Å²) in [5.41, 5.74) is 3.09. The number of aryl methyl sites for hydroxylation is 2. The van der Waals surface area contributed by atoms with Gasteiger partial charge in [0.1, 0.15) is 6.17 Å². The van der Waals surface area contributed by atoms with E-state index in [-0.39, 0.29) is 5.11 Å². The fraction of sp³-hybridized carbons (Fsp3) is 0.467. The fourth-order valence-corrected chi connectivity index (χ4v) is 2.76. The number of rotatable bonds is 6. The molecular formula is C15H18Cl5N3OS. The van der Waals surface area contributed by atoms with Gasteiger partial charge in [0.05, 0.1) is 0 Å². The third-order valence-corrected chi connectivity index (χ3v) is 4.60. The van der Waals surface area contributed by atoms with Crippen LogP contribution in [0.2, 0.25) is 0 Å². The van der Waals surface area contributed by atoms with E-state index in [1.165, 1.54) is 0 Å². The highest BCUT2D eigenvalue weighted by Crippen LogP contribution is 2.29. The first-order valence-corrected chi connectivity index (χ1v) is 9.85. The standard InChI is InChI=1S/C15H18Cl5N3OS/c1-3-8-6-5-7-9(4-2)10(8)21-14(25)23-13(15(18,19)20)22-12(24)11(16)17/h5-7,11,13H,3-4H2,1-2H3,(H,22,24)(H2,21,23,25). The van der Waals surface area contributed by atoms with Gasteiger partial charge in [-0.05, 0) is 36.2 Å². The number of halogens is 5. The summed E-state index contributed by atoms with van der Waals surface area (Å²) in [5, 5.41) is 8.46. The average Bonchev–Trinajstić information content (AvgIpc) is 2.53. The predicted octanol–water partition coefficient (Wildman–Crippen LogP) is 4.71. The van der Waals surface area contributed by atoms with E-state index in [9.17, 15) is 4.79 Å². The number of amides is 1. The van der Waals surface area contributed by atoms with Crippen LogP contribution >= 0.6 is 70.2 Å². The topological polar surface area (TPSA) is 53.2 Å². The number of anilines is 1. The van der Waals surface area contributed by atoms with Crippen LogP contribution in [0, 0.1) is 0 Å². The average molecular weight is 466 g/mol. The van der Waals surface area contributed by atoms with Crippen LogP contribution in [0.1, 0.15) is 25.0 Å². The lowest BCUT2D eigenvalue weighted by molar-refractivity contribution is -0.120. The Morgan fingerprint density at radius 3 is 2.04 bits per heavy atom. The molecule has 1 unspecified atom stereocenters. The molecular weight excluding hydrogens is 448 g/mol. The van der Waals surface area contributed by atoms with E-state index in [1.807, 2.05) is 32.0 Å². The first-order chi connectivity index (χ1) is 11.6. The third kappa shape index (κ3) is 7.16. The number of nitrogens with one attached hydrogen (secondary N) is 3. The van der Waals surface area contributed by atoms with E-state index in [2.05, 4.69) is 16.0 Å². The van der Waals surface area contributed by atoms with Crippen LogP contribution in [-0.4, -0.2) is 25.8 Å². The molecule has 0 aromatic heterocycles. The molecule has 10 heteroatoms. The van der Waals surface area contributed by atoms with Crippen molar-refractivity contribution >= 4 is 86.9 Å². The van der Waals surface area contributed by atoms with Crippen LogP contribution < -0.4 is 16.0 Å². The van der Waals surface area contributed by atoms with E-state index in [0.29, 0.717) is 0 Å². The van der Waals surface area contributed by atoms with Gasteiger partial charge in [-0.2, -0.15) is 0 Å². The maximum absolute atomic E-state index is 11.7. The number of hydrogen-bond acceptors (Lipinski definition) is 2. The van der Waals surface area contributed by atoms with Gasteiger partial charge in [-0.15, -0.1) is 0 Å². The maximum Gasteiger partial charge on any atom is 0.255 e. The molecule has 0 aliphatic rings. The van der Waals surface area contributed by atoms with Crippen molar-refractivity contribution in [1.29, 1.82) is 0 Å². The number of benzene rings is 1. The molecule has 0 saturated carbocycles. The zero-order chi connectivity index (χ0) is 19.2. The molecule has 0 saturated heterocycles. The highest BCUT2D eigenvalue weighted by Gasteiger charge is 2.35. The van der Waals surface area contributed by atoms with Gasteiger partial charge < -0.3 is 16.0 Å². The number of thiocarbonyl (C=S) groups is 1. The van der Waals surface area contributed by atoms with E-state index >= 15 is 0 Å². The van der Waals surface area contributed by atoms with Gasteiger partial charge in [0.2, 0.25) is 3.79 Å². The first kappa shape index (κ1) is 22.9. The monoisotopic (exact) mass is 463 g/mol. The zero-order valence-corrected chi connectivity index (χ0v) is 18.1. The van der Waals surface area contributed by atoms with Gasteiger partial charge in [-0.3, -0.25) is 4.79 Å². The minimum absolute atomic E-state index is 0.188. The molecule has 0 heterocycles. The summed E-state index contributed by atoms with van der Waals surface area (Å²) in [7, 11) is 0. The van der Waals surface area contributed by atoms with Crippen molar-refractivity contribution < 1.29 is 4.79 Å². The van der Waals surface area contributed by atoms with Crippen molar-refractivity contribution in [2.24, 2.45) is 0 Å². The maximum atomic E-state index is 11.7. The molecule has 140 valence electrons. The molecule has 1 aromatic carbocycles. The zero-order valence-electron chi connectivity index (χ0n) is 13.5. The Bertz CT molecular complexity index is 599. The Balaban J connectivity index is 2.94. The summed E-state index contributed by atoms with van der Waals surface area (Å²) in [5.74, 6) is -0.710. The van der Waals surface area contributed by atoms with Crippen molar-refractivity contribution in [2.45, 2.75) is 41.5 Å². The summed E-state index contributed by atoms with van der Waals surface area (Å²) in [6.07, 6.45) is 0.525. The molecule has 1 amide bonds. The van der Waals surface area contributed by atoms with Gasteiger partial charge in [0.15, 0.2) is 9.95 Å². The van der Waals surface area contributed by atoms with Crippen molar-refractivity contribution in [1.82, 2.24) is 10.6 Å². The van der Waals surface area contributed by atoms with Crippen molar-refractivity contribution in [2.75, 3.05) is 5.32 Å². The highest BCUT2D eigenvalue weighted by molar-refractivity contribution is 7.80. The molecule has 3 N–H and O–H groups in total. The Morgan fingerprint density at radius 1 is 1.12 bits per heavy atom. The molecule has 1 atom stereocenters. The van der Waals surface area contributed by atoms with Crippen LogP contribution in [0.25, 0.3) is 0 Å². The molecule has 4 nitrogen and oxygen atoms in total. The minimum Gasteiger partial charge on any atom is -0.339 e. The van der Waals surface area contributed by atoms with Crippen molar-refractivity contribution in [3.63, 3.8) is 0 Å². The van der Waals surface area contributed by atoms with E-state index in [0.717, 1.165) is 29.7 Å². The largest absolute Gasteiger partial charge is 0.339 e. The summed E-state index contributed by atoms with van der Waals surface area (Å²) < 4.78 is -1.87. The Hall–Kier alpha value is -0.170. The van der Waals surface area contributed by atoms with Crippen LogP contribution in [0.15, 0.2) is 18.2 Å². The van der Waals surface area contributed by atoms with Crippen LogP contribution in [0.4, 0.5) is 5.69 Å². The van der Waals surface area contributed by atoms with Crippen molar-refractivity contribution in [3.8, 4) is 0 Å². The molecule has 0 spiro atoms. The normalized spacial score (nSPS) is 12.6. The predicted molar refractivity (Wildman–Crippen MR) is 112 cm³/mol. The second-order valence-corrected chi connectivity index (χ2v) is 8.91. The number of alkyl halides is 5. The number of para-hydroxylation sites is 1. The summed E-state index contributed by atoms with van der Waals surface area (Å²) in [6.45, 7) is 4.09. The smallest absolute Gasteiger partial charge is 0.255 e. The lowest BCUT2D eigenvalue weighted by Crippen LogP contribution is -2.57. The molecule has 1 rings (SSSR count). The minimum atomic E-state index is -1.87. The first-order valence-electron chi connectivity index (χ1n) is 7.43. The van der Waals surface area contributed by atoms with Gasteiger partial charge in [-0.1, -0.05) is 90.1 Å². The van der Waals surface area contributed by atoms with Gasteiger partial charge in [0, 0.05) is 5.69 Å². The van der Waals surface area contributed by atoms with E-state index in [4.69, 9.17) is 70.2 Å². The SMILES string of the molecule is CCc1cccc(CC)c1NC(=S)NC(NC(=O)C(Cl)Cl)C(Cl)(Cl)Cl. The summed E-state index contributed by atoms with van der Waals surface area (Å²) in [4.78, 5) is 10.4. The number of carbonyl (C=O) groups is 1. The molecule has 0 bridgehead atoms. The molecule has 0 aliphatic heterocycles. The Kier molecular flexibility index (Phi) is 9.37. The quantitative estimate of drug-likeness (QED) is 0.323. The number of hydrogen-bond donors (Lipinski definition) is 3. The van der Waals surface area contributed by atoms with Crippen LogP contribution in [0.5, 0.6) is 0 Å². The van der Waals surface area contributed by atoms with Crippen LogP contribution in [0.3, 0.4) is 0 Å². The highest BCUT2D eigenvalue weighted by atomic mass is 35.6. The number of carbonyl (C=O) groups excluding carboxylic acids is 1. The molecule has 25 heavy (non-hydrogen) atoms. The molecule has 0 radical (unpaired) electrons. The summed E-state index contributed by atoms with van der Waals surface area (Å²) >= 11 is 34.0. The Labute approximate surface area is 177 Å². The molecule has 0 aliphatic carbocycles. The second-order valence-electron chi connectivity index (χ2n) is 5.04. The lowest BCUT2D eigenvalue weighted by Gasteiger charge is -2.28. The molecule has 0 fully saturated rings. The summed E-state index contributed by atoms with van der Waals surface area (Å²) in [6, 6.07) is 6.00. The van der Waals surface area contributed by atoms with Crippen molar-refractivity contribution in [3.05, 3.63) is 29.3 Å².